The normalized spacial score (nSPS) is 21.0. The molecule has 3 heterocycles. The van der Waals surface area contributed by atoms with Gasteiger partial charge in [-0.3, -0.25) is 9.48 Å². The van der Waals surface area contributed by atoms with E-state index in [1.165, 1.54) is 0 Å². The van der Waals surface area contributed by atoms with E-state index in [1.807, 2.05) is 45.0 Å². The molecule has 0 bridgehead atoms. The van der Waals surface area contributed by atoms with Crippen molar-refractivity contribution >= 4 is 5.91 Å². The zero-order valence-electron chi connectivity index (χ0n) is 14.8. The zero-order valence-corrected chi connectivity index (χ0v) is 14.8. The highest BCUT2D eigenvalue weighted by molar-refractivity contribution is 5.95. The SMILES string of the molecule is CO[C@@H]1CN(C(=O)c2cc(C(C)C)oc2C)C[C@H]1c1cn(C)nn1. The second kappa shape index (κ2) is 6.39. The second-order valence-corrected chi connectivity index (χ2v) is 6.68. The van der Waals surface area contributed by atoms with E-state index < -0.39 is 0 Å². The van der Waals surface area contributed by atoms with Crippen LogP contribution in [0.5, 0.6) is 0 Å². The lowest BCUT2D eigenvalue weighted by Gasteiger charge is -2.15. The summed E-state index contributed by atoms with van der Waals surface area (Å²) in [5.41, 5.74) is 1.49. The Labute approximate surface area is 141 Å². The molecule has 0 unspecified atom stereocenters. The molecule has 2 aromatic heterocycles. The van der Waals surface area contributed by atoms with Crippen LogP contribution in [0.1, 0.15) is 53.3 Å². The van der Waals surface area contributed by atoms with Gasteiger partial charge in [0.15, 0.2) is 0 Å². The first-order chi connectivity index (χ1) is 11.4. The largest absolute Gasteiger partial charge is 0.465 e. The Bertz CT molecular complexity index is 734. The van der Waals surface area contributed by atoms with Crippen LogP contribution in [0.15, 0.2) is 16.7 Å². The van der Waals surface area contributed by atoms with Gasteiger partial charge >= 0.3 is 0 Å². The summed E-state index contributed by atoms with van der Waals surface area (Å²) in [7, 11) is 3.50. The van der Waals surface area contributed by atoms with Crippen molar-refractivity contribution in [2.45, 2.75) is 38.7 Å². The smallest absolute Gasteiger partial charge is 0.257 e. The Balaban J connectivity index is 1.81. The summed E-state index contributed by atoms with van der Waals surface area (Å²) in [6.07, 6.45) is 1.80. The van der Waals surface area contributed by atoms with Crippen molar-refractivity contribution in [2.24, 2.45) is 7.05 Å². The summed E-state index contributed by atoms with van der Waals surface area (Å²) >= 11 is 0. The van der Waals surface area contributed by atoms with E-state index in [9.17, 15) is 4.79 Å². The number of furan rings is 1. The molecule has 0 aromatic carbocycles. The van der Waals surface area contributed by atoms with Crippen molar-refractivity contribution < 1.29 is 13.9 Å². The molecule has 7 heteroatoms. The van der Waals surface area contributed by atoms with Gasteiger partial charge in [-0.15, -0.1) is 5.10 Å². The number of ether oxygens (including phenoxy) is 1. The van der Waals surface area contributed by atoms with Gasteiger partial charge in [-0.05, 0) is 13.0 Å². The fraction of sp³-hybridized carbons (Fsp3) is 0.588. The number of rotatable bonds is 4. The van der Waals surface area contributed by atoms with E-state index in [0.717, 1.165) is 11.5 Å². The van der Waals surface area contributed by atoms with Crippen molar-refractivity contribution in [3.63, 3.8) is 0 Å². The Hall–Kier alpha value is -2.15. The van der Waals surface area contributed by atoms with Crippen molar-refractivity contribution in [3.8, 4) is 0 Å². The molecule has 0 saturated carbocycles. The molecule has 1 fully saturated rings. The quantitative estimate of drug-likeness (QED) is 0.857. The minimum absolute atomic E-state index is 0.0170. The molecular formula is C17H24N4O3. The fourth-order valence-corrected chi connectivity index (χ4v) is 3.17. The van der Waals surface area contributed by atoms with E-state index in [0.29, 0.717) is 24.4 Å². The molecule has 2 aromatic rings. The molecule has 2 atom stereocenters. The van der Waals surface area contributed by atoms with Gasteiger partial charge in [0, 0.05) is 39.4 Å². The monoisotopic (exact) mass is 332 g/mol. The van der Waals surface area contributed by atoms with Crippen LogP contribution < -0.4 is 0 Å². The lowest BCUT2D eigenvalue weighted by atomic mass is 10.0. The average Bonchev–Trinajstić information content (AvgIpc) is 3.23. The molecule has 1 amide bonds. The third-order valence-electron chi connectivity index (χ3n) is 4.59. The number of nitrogens with zero attached hydrogens (tertiary/aromatic N) is 4. The predicted molar refractivity (Wildman–Crippen MR) is 88.0 cm³/mol. The van der Waals surface area contributed by atoms with Gasteiger partial charge in [-0.25, -0.2) is 0 Å². The molecule has 1 aliphatic rings. The molecule has 3 rings (SSSR count). The Morgan fingerprint density at radius 2 is 2.17 bits per heavy atom. The fourth-order valence-electron chi connectivity index (χ4n) is 3.17. The molecule has 0 aliphatic carbocycles. The minimum Gasteiger partial charge on any atom is -0.465 e. The molecule has 24 heavy (non-hydrogen) atoms. The highest BCUT2D eigenvalue weighted by atomic mass is 16.5. The first-order valence-electron chi connectivity index (χ1n) is 8.19. The Morgan fingerprint density at radius 3 is 2.71 bits per heavy atom. The third-order valence-corrected chi connectivity index (χ3v) is 4.59. The third kappa shape index (κ3) is 2.96. The number of methoxy groups -OCH3 is 1. The number of aromatic nitrogens is 3. The number of amides is 1. The highest BCUT2D eigenvalue weighted by Gasteiger charge is 2.39. The maximum absolute atomic E-state index is 12.9. The maximum Gasteiger partial charge on any atom is 0.257 e. The first-order valence-corrected chi connectivity index (χ1v) is 8.19. The second-order valence-electron chi connectivity index (χ2n) is 6.68. The number of carbonyl (C=O) groups is 1. The molecular weight excluding hydrogens is 308 g/mol. The molecule has 130 valence electrons. The van der Waals surface area contributed by atoms with Gasteiger partial charge in [0.25, 0.3) is 5.91 Å². The standard InChI is InChI=1S/C17H24N4O3/c1-10(2)15-6-12(11(3)24-15)17(22)21-7-13(16(9-21)23-5)14-8-20(4)19-18-14/h6,8,10,13,16H,7,9H2,1-5H3/t13-,16+/m0/s1. The number of hydrogen-bond acceptors (Lipinski definition) is 5. The zero-order chi connectivity index (χ0) is 17.4. The van der Waals surface area contributed by atoms with Gasteiger partial charge in [0.05, 0.1) is 23.3 Å². The average molecular weight is 332 g/mol. The van der Waals surface area contributed by atoms with Crippen molar-refractivity contribution in [2.75, 3.05) is 20.2 Å². The lowest BCUT2D eigenvalue weighted by molar-refractivity contribution is 0.0713. The van der Waals surface area contributed by atoms with Crippen LogP contribution in [0, 0.1) is 6.92 Å². The van der Waals surface area contributed by atoms with Crippen molar-refractivity contribution in [1.29, 1.82) is 0 Å². The lowest BCUT2D eigenvalue weighted by Crippen LogP contribution is -2.30. The predicted octanol–water partition coefficient (Wildman–Crippen LogP) is 2.09. The molecule has 0 spiro atoms. The molecule has 7 nitrogen and oxygen atoms in total. The molecule has 0 N–H and O–H groups in total. The maximum atomic E-state index is 12.9. The highest BCUT2D eigenvalue weighted by Crippen LogP contribution is 2.30. The first kappa shape index (κ1) is 16.7. The summed E-state index contributed by atoms with van der Waals surface area (Å²) in [6, 6.07) is 1.86. The minimum atomic E-state index is -0.0811. The van der Waals surface area contributed by atoms with Crippen molar-refractivity contribution in [3.05, 3.63) is 35.0 Å². The van der Waals surface area contributed by atoms with E-state index in [-0.39, 0.29) is 23.8 Å². The van der Waals surface area contributed by atoms with Gasteiger partial charge in [-0.1, -0.05) is 19.1 Å². The number of hydrogen-bond donors (Lipinski definition) is 0. The van der Waals surface area contributed by atoms with E-state index in [2.05, 4.69) is 10.3 Å². The molecule has 0 radical (unpaired) electrons. The van der Waals surface area contributed by atoms with E-state index >= 15 is 0 Å². The van der Waals surface area contributed by atoms with Crippen LogP contribution >= 0.6 is 0 Å². The van der Waals surface area contributed by atoms with E-state index in [4.69, 9.17) is 9.15 Å². The summed E-state index contributed by atoms with van der Waals surface area (Å²) in [4.78, 5) is 14.7. The Kier molecular flexibility index (Phi) is 4.45. The van der Waals surface area contributed by atoms with Crippen LogP contribution in [0.2, 0.25) is 0 Å². The van der Waals surface area contributed by atoms with Crippen LogP contribution in [-0.2, 0) is 11.8 Å². The van der Waals surface area contributed by atoms with Gasteiger partial charge < -0.3 is 14.1 Å². The topological polar surface area (TPSA) is 73.4 Å². The van der Waals surface area contributed by atoms with Crippen LogP contribution in [0.25, 0.3) is 0 Å². The molecule has 1 saturated heterocycles. The summed E-state index contributed by atoms with van der Waals surface area (Å²) in [5, 5.41) is 8.17. The molecule has 1 aliphatic heterocycles. The summed E-state index contributed by atoms with van der Waals surface area (Å²) in [5.74, 6) is 1.77. The van der Waals surface area contributed by atoms with Gasteiger partial charge in [-0.2, -0.15) is 0 Å². The van der Waals surface area contributed by atoms with Gasteiger partial charge in [0.2, 0.25) is 0 Å². The van der Waals surface area contributed by atoms with E-state index in [1.54, 1.807) is 11.8 Å². The van der Waals surface area contributed by atoms with Crippen molar-refractivity contribution in [1.82, 2.24) is 19.9 Å². The van der Waals surface area contributed by atoms with Crippen LogP contribution in [0.4, 0.5) is 0 Å². The number of carbonyl (C=O) groups excluding carboxylic acids is 1. The van der Waals surface area contributed by atoms with Crippen LogP contribution in [-0.4, -0.2) is 52.1 Å². The van der Waals surface area contributed by atoms with Crippen LogP contribution in [0.3, 0.4) is 0 Å². The Morgan fingerprint density at radius 1 is 1.42 bits per heavy atom. The summed E-state index contributed by atoms with van der Waals surface area (Å²) < 4.78 is 13.0. The number of likely N-dealkylation sites (tertiary alicyclic amines) is 1. The number of aryl methyl sites for hydroxylation is 2. The van der Waals surface area contributed by atoms with Gasteiger partial charge in [0.1, 0.15) is 11.5 Å². The summed E-state index contributed by atoms with van der Waals surface area (Å²) in [6.45, 7) is 7.04.